The van der Waals surface area contributed by atoms with Crippen molar-refractivity contribution in [3.8, 4) is 5.75 Å². The molecule has 2 aromatic rings. The van der Waals surface area contributed by atoms with E-state index in [-0.39, 0.29) is 17.8 Å². The molecule has 2 aromatic carbocycles. The molecule has 0 spiro atoms. The quantitative estimate of drug-likeness (QED) is 0.618. The first kappa shape index (κ1) is 17.9. The van der Waals surface area contributed by atoms with Crippen molar-refractivity contribution in [2.24, 2.45) is 0 Å². The molecule has 1 atom stereocenters. The van der Waals surface area contributed by atoms with Crippen LogP contribution >= 0.6 is 0 Å². The van der Waals surface area contributed by atoms with Crippen LogP contribution in [0.4, 0.5) is 4.39 Å². The molecule has 0 saturated carbocycles. The van der Waals surface area contributed by atoms with Crippen molar-refractivity contribution in [3.63, 3.8) is 0 Å². The smallest absolute Gasteiger partial charge is 0.223 e. The van der Waals surface area contributed by atoms with Crippen molar-refractivity contribution in [1.29, 1.82) is 5.41 Å². The number of hydrogen-bond donors (Lipinski definition) is 2. The molecule has 0 bridgehead atoms. The van der Waals surface area contributed by atoms with E-state index in [0.29, 0.717) is 31.8 Å². The van der Waals surface area contributed by atoms with Gasteiger partial charge in [-0.25, -0.2) is 4.39 Å². The highest BCUT2D eigenvalue weighted by atomic mass is 19.1. The second-order valence-electron chi connectivity index (χ2n) is 6.32. The van der Waals surface area contributed by atoms with Gasteiger partial charge >= 0.3 is 0 Å². The van der Waals surface area contributed by atoms with Crippen LogP contribution in [0, 0.1) is 11.2 Å². The Balaban J connectivity index is 1.61. The van der Waals surface area contributed by atoms with Gasteiger partial charge < -0.3 is 15.0 Å². The number of ether oxygens (including phenoxy) is 1. The van der Waals surface area contributed by atoms with Gasteiger partial charge in [0, 0.05) is 19.5 Å². The molecule has 1 saturated heterocycles. The predicted molar refractivity (Wildman–Crippen MR) is 97.5 cm³/mol. The van der Waals surface area contributed by atoms with Crippen LogP contribution in [0.15, 0.2) is 48.5 Å². The minimum atomic E-state index is -0.299. The zero-order valence-corrected chi connectivity index (χ0v) is 14.7. The first-order valence-electron chi connectivity index (χ1n) is 8.56. The van der Waals surface area contributed by atoms with E-state index in [4.69, 9.17) is 10.1 Å². The minimum absolute atomic E-state index is 0.0234. The predicted octanol–water partition coefficient (Wildman–Crippen LogP) is 3.09. The molecule has 0 aromatic heterocycles. The lowest BCUT2D eigenvalue weighted by Crippen LogP contribution is -2.43. The van der Waals surface area contributed by atoms with Crippen LogP contribution in [0.2, 0.25) is 0 Å². The molecule has 1 unspecified atom stereocenters. The molecule has 136 valence electrons. The van der Waals surface area contributed by atoms with Gasteiger partial charge in [-0.1, -0.05) is 24.3 Å². The van der Waals surface area contributed by atoms with E-state index in [1.165, 1.54) is 12.1 Å². The van der Waals surface area contributed by atoms with Crippen LogP contribution in [-0.2, 0) is 17.9 Å². The maximum Gasteiger partial charge on any atom is 0.223 e. The molecule has 0 aliphatic carbocycles. The number of carbonyl (C=O) groups is 1. The topological polar surface area (TPSA) is 65.4 Å². The van der Waals surface area contributed by atoms with Crippen LogP contribution in [-0.4, -0.2) is 29.8 Å². The van der Waals surface area contributed by atoms with Gasteiger partial charge in [0.05, 0.1) is 13.2 Å². The fourth-order valence-corrected chi connectivity index (χ4v) is 3.08. The number of benzene rings is 2. The SMILES string of the molecule is COc1ccc(CNC(=N)C2CCC(=O)N2Cc2ccc(F)cc2)cc1. The Morgan fingerprint density at radius 3 is 2.50 bits per heavy atom. The lowest BCUT2D eigenvalue weighted by atomic mass is 10.1. The van der Waals surface area contributed by atoms with Crippen LogP contribution < -0.4 is 10.1 Å². The highest BCUT2D eigenvalue weighted by molar-refractivity contribution is 5.92. The number of halogens is 1. The van der Waals surface area contributed by atoms with E-state index >= 15 is 0 Å². The number of methoxy groups -OCH3 is 1. The highest BCUT2D eigenvalue weighted by Crippen LogP contribution is 2.22. The van der Waals surface area contributed by atoms with Crippen LogP contribution in [0.25, 0.3) is 0 Å². The van der Waals surface area contributed by atoms with Crippen molar-refractivity contribution in [3.05, 3.63) is 65.5 Å². The van der Waals surface area contributed by atoms with Crippen molar-refractivity contribution >= 4 is 11.7 Å². The number of amidine groups is 1. The fourth-order valence-electron chi connectivity index (χ4n) is 3.08. The van der Waals surface area contributed by atoms with Gasteiger partial charge in [-0.2, -0.15) is 0 Å². The average Bonchev–Trinajstić information content (AvgIpc) is 3.02. The second-order valence-corrected chi connectivity index (χ2v) is 6.32. The molecule has 1 aliphatic rings. The highest BCUT2D eigenvalue weighted by Gasteiger charge is 2.33. The summed E-state index contributed by atoms with van der Waals surface area (Å²) in [6.07, 6.45) is 1.05. The summed E-state index contributed by atoms with van der Waals surface area (Å²) in [4.78, 5) is 13.9. The van der Waals surface area contributed by atoms with Crippen molar-refractivity contribution in [2.45, 2.75) is 32.0 Å². The van der Waals surface area contributed by atoms with Crippen molar-refractivity contribution in [1.82, 2.24) is 10.2 Å². The number of carbonyl (C=O) groups excluding carboxylic acids is 1. The standard InChI is InChI=1S/C20H22FN3O2/c1-26-17-8-4-14(5-9-17)12-23-20(22)18-10-11-19(25)24(18)13-15-2-6-16(21)7-3-15/h2-9,18H,10-13H2,1H3,(H2,22,23). The molecule has 5 nitrogen and oxygen atoms in total. The van der Waals surface area contributed by atoms with Crippen LogP contribution in [0.3, 0.4) is 0 Å². The van der Waals surface area contributed by atoms with Gasteiger partial charge in [-0.15, -0.1) is 0 Å². The van der Waals surface area contributed by atoms with Gasteiger partial charge in [-0.05, 0) is 41.8 Å². The van der Waals surface area contributed by atoms with Crippen molar-refractivity contribution < 1.29 is 13.9 Å². The Bertz CT molecular complexity index is 775. The third-order valence-corrected chi connectivity index (χ3v) is 4.57. The van der Waals surface area contributed by atoms with Gasteiger partial charge in [0.2, 0.25) is 5.91 Å². The Labute approximate surface area is 152 Å². The van der Waals surface area contributed by atoms with E-state index in [1.54, 1.807) is 24.1 Å². The summed E-state index contributed by atoms with van der Waals surface area (Å²) in [6, 6.07) is 13.5. The summed E-state index contributed by atoms with van der Waals surface area (Å²) in [7, 11) is 1.62. The van der Waals surface area contributed by atoms with Gasteiger partial charge in [0.1, 0.15) is 17.4 Å². The summed E-state index contributed by atoms with van der Waals surface area (Å²) in [6.45, 7) is 0.897. The van der Waals surface area contributed by atoms with Crippen LogP contribution in [0.5, 0.6) is 5.75 Å². The third-order valence-electron chi connectivity index (χ3n) is 4.57. The summed E-state index contributed by atoms with van der Waals surface area (Å²) in [5, 5.41) is 11.5. The average molecular weight is 355 g/mol. The lowest BCUT2D eigenvalue weighted by Gasteiger charge is -2.26. The van der Waals surface area contributed by atoms with E-state index in [9.17, 15) is 9.18 Å². The Morgan fingerprint density at radius 1 is 1.19 bits per heavy atom. The molecule has 2 N–H and O–H groups in total. The number of likely N-dealkylation sites (tertiary alicyclic amines) is 1. The largest absolute Gasteiger partial charge is 0.497 e. The molecule has 1 aliphatic heterocycles. The molecule has 26 heavy (non-hydrogen) atoms. The third kappa shape index (κ3) is 4.20. The molecule has 1 amide bonds. The molecule has 1 heterocycles. The molecular weight excluding hydrogens is 333 g/mol. The number of amides is 1. The molecule has 3 rings (SSSR count). The molecule has 0 radical (unpaired) electrons. The summed E-state index contributed by atoms with van der Waals surface area (Å²) < 4.78 is 18.2. The van der Waals surface area contributed by atoms with Gasteiger partial charge in [0.15, 0.2) is 0 Å². The van der Waals surface area contributed by atoms with Gasteiger partial charge in [0.25, 0.3) is 0 Å². The first-order valence-corrected chi connectivity index (χ1v) is 8.56. The molecular formula is C20H22FN3O2. The molecule has 6 heteroatoms. The Kier molecular flexibility index (Phi) is 5.51. The normalized spacial score (nSPS) is 16.6. The van der Waals surface area contributed by atoms with E-state index in [0.717, 1.165) is 16.9 Å². The second kappa shape index (κ2) is 7.99. The maximum atomic E-state index is 13.1. The number of hydrogen-bond acceptors (Lipinski definition) is 3. The van der Waals surface area contributed by atoms with Gasteiger partial charge in [-0.3, -0.25) is 10.2 Å². The fraction of sp³-hybridized carbons (Fsp3) is 0.300. The number of rotatable bonds is 6. The molecule has 1 fully saturated rings. The minimum Gasteiger partial charge on any atom is -0.497 e. The van der Waals surface area contributed by atoms with Crippen LogP contribution in [0.1, 0.15) is 24.0 Å². The lowest BCUT2D eigenvalue weighted by molar-refractivity contribution is -0.128. The van der Waals surface area contributed by atoms with E-state index in [1.807, 2.05) is 24.3 Å². The zero-order valence-electron chi connectivity index (χ0n) is 14.7. The first-order chi connectivity index (χ1) is 12.6. The summed E-state index contributed by atoms with van der Waals surface area (Å²) >= 11 is 0. The monoisotopic (exact) mass is 355 g/mol. The number of nitrogens with one attached hydrogen (secondary N) is 2. The van der Waals surface area contributed by atoms with E-state index in [2.05, 4.69) is 5.32 Å². The summed E-state index contributed by atoms with van der Waals surface area (Å²) in [5.41, 5.74) is 1.89. The van der Waals surface area contributed by atoms with E-state index < -0.39 is 0 Å². The Morgan fingerprint density at radius 2 is 1.85 bits per heavy atom. The maximum absolute atomic E-state index is 13.1. The number of nitrogens with zero attached hydrogens (tertiary/aromatic N) is 1. The summed E-state index contributed by atoms with van der Waals surface area (Å²) in [5.74, 6) is 0.840. The van der Waals surface area contributed by atoms with Crippen molar-refractivity contribution in [2.75, 3.05) is 7.11 Å². The zero-order chi connectivity index (χ0) is 18.5. The Hall–Kier alpha value is -2.89.